The predicted molar refractivity (Wildman–Crippen MR) is 243 cm³/mol. The summed E-state index contributed by atoms with van der Waals surface area (Å²) in [5.74, 6) is 5.05. The van der Waals surface area contributed by atoms with E-state index in [1.54, 1.807) is 0 Å². The fourth-order valence-electron chi connectivity index (χ4n) is 12.6. The maximum absolute atomic E-state index is 6.62. The second-order valence-electron chi connectivity index (χ2n) is 17.8. The van der Waals surface area contributed by atoms with Gasteiger partial charge in [-0.05, 0) is 131 Å². The monoisotopic (exact) mass is 970 g/mol. The van der Waals surface area contributed by atoms with Crippen molar-refractivity contribution >= 4 is 60.4 Å². The van der Waals surface area contributed by atoms with Gasteiger partial charge in [-0.2, -0.15) is 18.8 Å². The zero-order valence-electron chi connectivity index (χ0n) is 33.9. The summed E-state index contributed by atoms with van der Waals surface area (Å²) < 4.78 is 8.93. The standard InChI is InChI=1S/C55H43N4O.Pt/c1-57-34-58(52-19-7-6-18-51(52)57)41-11-8-12-42(32-41)60-43-21-23-48-47-14-4-5-17-50(47)59(53(48)33-43)54-31-38(24-25-56-54)55(39-27-35-26-36(29-39)30-40(55)28-35)49-16-9-15-45-44-13-3-2-10-37(44)20-22-46(45)49;/h2-25,31,34-36,39-40H,26-30H2,1H3;/q-3;. The fraction of sp³-hybridized carbons (Fsp3) is 0.200. The number of pyridine rings is 1. The van der Waals surface area contributed by atoms with E-state index in [0.29, 0.717) is 23.3 Å². The summed E-state index contributed by atoms with van der Waals surface area (Å²) >= 11 is 0. The molecule has 61 heavy (non-hydrogen) atoms. The first-order chi connectivity index (χ1) is 29.6. The zero-order chi connectivity index (χ0) is 39.5. The number of nitrogens with zero attached hydrogens (tertiary/aromatic N) is 4. The third-order valence-corrected chi connectivity index (χ3v) is 14.7. The van der Waals surface area contributed by atoms with E-state index in [0.717, 1.165) is 51.1 Å². The van der Waals surface area contributed by atoms with Gasteiger partial charge in [0.2, 0.25) is 0 Å². The molecular formula is C55H43N4OPt-3. The van der Waals surface area contributed by atoms with E-state index in [-0.39, 0.29) is 26.5 Å². The average molecular weight is 971 g/mol. The number of ether oxygens (including phenoxy) is 1. The Labute approximate surface area is 370 Å². The fourth-order valence-corrected chi connectivity index (χ4v) is 12.6. The molecule has 9 aromatic rings. The van der Waals surface area contributed by atoms with Crippen LogP contribution >= 0.6 is 0 Å². The molecule has 0 radical (unpaired) electrons. The van der Waals surface area contributed by atoms with E-state index >= 15 is 0 Å². The molecule has 14 rings (SSSR count). The number of hydrogen-bond acceptors (Lipinski definition) is 4. The number of aromatic nitrogens is 2. The van der Waals surface area contributed by atoms with Gasteiger partial charge in [0.05, 0.1) is 0 Å². The smallest absolute Gasteiger partial charge is 0.135 e. The molecule has 4 bridgehead atoms. The van der Waals surface area contributed by atoms with Crippen LogP contribution in [0.4, 0.5) is 17.1 Å². The maximum atomic E-state index is 6.62. The van der Waals surface area contributed by atoms with Gasteiger partial charge in [0.25, 0.3) is 0 Å². The van der Waals surface area contributed by atoms with Gasteiger partial charge >= 0.3 is 0 Å². The quantitative estimate of drug-likeness (QED) is 0.123. The second-order valence-corrected chi connectivity index (χ2v) is 17.8. The average Bonchev–Trinajstić information content (AvgIpc) is 3.80. The Morgan fingerprint density at radius 1 is 0.623 bits per heavy atom. The largest absolute Gasteiger partial charge is 0.509 e. The van der Waals surface area contributed by atoms with Crippen LogP contribution in [-0.4, -0.2) is 16.6 Å². The molecule has 5 aliphatic rings. The van der Waals surface area contributed by atoms with Gasteiger partial charge in [-0.1, -0.05) is 90.4 Å². The Kier molecular flexibility index (Phi) is 8.52. The Bertz CT molecular complexity index is 3160. The first-order valence-corrected chi connectivity index (χ1v) is 21.6. The van der Waals surface area contributed by atoms with E-state index in [9.17, 15) is 0 Å². The van der Waals surface area contributed by atoms with Gasteiger partial charge in [-0.15, -0.1) is 41.4 Å². The van der Waals surface area contributed by atoms with Crippen molar-refractivity contribution in [2.24, 2.45) is 23.7 Å². The number of hydrogen-bond donors (Lipinski definition) is 0. The molecule has 0 spiro atoms. The summed E-state index contributed by atoms with van der Waals surface area (Å²) in [6.07, 6.45) is 8.69. The van der Waals surface area contributed by atoms with Crippen molar-refractivity contribution in [1.29, 1.82) is 0 Å². The van der Waals surface area contributed by atoms with Crippen LogP contribution in [0.5, 0.6) is 11.5 Å². The Morgan fingerprint density at radius 3 is 2.18 bits per heavy atom. The Morgan fingerprint density at radius 2 is 1.33 bits per heavy atom. The van der Waals surface area contributed by atoms with Crippen molar-refractivity contribution in [1.82, 2.24) is 9.55 Å². The van der Waals surface area contributed by atoms with Crippen LogP contribution in [0.1, 0.15) is 43.2 Å². The molecule has 302 valence electrons. The van der Waals surface area contributed by atoms with Gasteiger partial charge in [-0.3, -0.25) is 0 Å². The molecule has 7 aromatic carbocycles. The van der Waals surface area contributed by atoms with E-state index in [1.165, 1.54) is 70.2 Å². The minimum atomic E-state index is -0.104. The third-order valence-electron chi connectivity index (χ3n) is 14.7. The molecule has 0 saturated heterocycles. The molecule has 4 fully saturated rings. The normalized spacial score (nSPS) is 22.6. The van der Waals surface area contributed by atoms with E-state index in [2.05, 4.69) is 174 Å². The molecule has 4 saturated carbocycles. The van der Waals surface area contributed by atoms with E-state index < -0.39 is 0 Å². The summed E-state index contributed by atoms with van der Waals surface area (Å²) in [4.78, 5) is 9.49. The molecule has 0 unspecified atom stereocenters. The van der Waals surface area contributed by atoms with Crippen molar-refractivity contribution in [2.75, 3.05) is 16.8 Å². The van der Waals surface area contributed by atoms with E-state index in [1.807, 2.05) is 18.2 Å². The SMILES string of the molecule is CN1[CH-]N(c2[c-]c(Oc3[c-]c4c(cc3)c3ccccc3n4-c3cc(C4(c5cccc6c5ccc5ccccc56)C5CC6CC(C5)CC4C6)ccn3)ccc2)c2ccccc21.[Pt]. The topological polar surface area (TPSA) is 33.5 Å². The number of rotatable bonds is 6. The van der Waals surface area contributed by atoms with Crippen LogP contribution in [0, 0.1) is 42.5 Å². The van der Waals surface area contributed by atoms with Crippen LogP contribution in [0.2, 0.25) is 0 Å². The molecule has 2 aromatic heterocycles. The summed E-state index contributed by atoms with van der Waals surface area (Å²) in [5, 5.41) is 7.69. The van der Waals surface area contributed by atoms with Gasteiger partial charge in [0.1, 0.15) is 5.82 Å². The predicted octanol–water partition coefficient (Wildman–Crippen LogP) is 13.3. The van der Waals surface area contributed by atoms with Gasteiger partial charge in [0, 0.05) is 61.1 Å². The van der Waals surface area contributed by atoms with Crippen LogP contribution in [0.15, 0.2) is 152 Å². The van der Waals surface area contributed by atoms with Crippen LogP contribution in [-0.2, 0) is 26.5 Å². The molecule has 1 aliphatic heterocycles. The minimum Gasteiger partial charge on any atom is -0.509 e. The summed E-state index contributed by atoms with van der Waals surface area (Å²) in [6.45, 7) is 2.09. The molecule has 0 atom stereocenters. The maximum Gasteiger partial charge on any atom is 0.135 e. The number of fused-ring (bicyclic) bond motifs is 7. The summed E-state index contributed by atoms with van der Waals surface area (Å²) in [5.41, 5.74) is 8.05. The molecule has 0 amide bonds. The van der Waals surface area contributed by atoms with Gasteiger partial charge in [0.15, 0.2) is 0 Å². The molecule has 3 heterocycles. The summed E-state index contributed by atoms with van der Waals surface area (Å²) in [7, 11) is 2.07. The van der Waals surface area contributed by atoms with Crippen molar-refractivity contribution in [3.63, 3.8) is 0 Å². The molecule has 6 heteroatoms. The molecule has 4 aliphatic carbocycles. The van der Waals surface area contributed by atoms with Crippen molar-refractivity contribution in [3.05, 3.63) is 182 Å². The Balaban J connectivity index is 0.00000399. The number of para-hydroxylation sites is 3. The molecule has 5 nitrogen and oxygen atoms in total. The first-order valence-electron chi connectivity index (χ1n) is 21.6. The van der Waals surface area contributed by atoms with Crippen LogP contribution in [0.25, 0.3) is 49.2 Å². The molecular weight excluding hydrogens is 928 g/mol. The van der Waals surface area contributed by atoms with Gasteiger partial charge < -0.3 is 19.1 Å². The number of anilines is 3. The Hall–Kier alpha value is -5.90. The first kappa shape index (κ1) is 36.9. The number of benzene rings is 7. The minimum absolute atomic E-state index is 0. The van der Waals surface area contributed by atoms with Gasteiger partial charge in [-0.25, -0.2) is 4.98 Å². The van der Waals surface area contributed by atoms with Crippen molar-refractivity contribution in [3.8, 4) is 17.3 Å². The summed E-state index contributed by atoms with van der Waals surface area (Å²) in [6, 6.07) is 60.2. The second kappa shape index (κ2) is 14.1. The van der Waals surface area contributed by atoms with Crippen LogP contribution in [0.3, 0.4) is 0 Å². The molecule has 0 N–H and O–H groups in total. The zero-order valence-corrected chi connectivity index (χ0v) is 36.1. The van der Waals surface area contributed by atoms with E-state index in [4.69, 9.17) is 9.72 Å². The third kappa shape index (κ3) is 5.52. The van der Waals surface area contributed by atoms with Crippen molar-refractivity contribution < 1.29 is 25.8 Å². The van der Waals surface area contributed by atoms with Crippen LogP contribution < -0.4 is 14.5 Å². The van der Waals surface area contributed by atoms with Crippen molar-refractivity contribution in [2.45, 2.75) is 37.5 Å².